The first kappa shape index (κ1) is 10.4. The first-order valence-electron chi connectivity index (χ1n) is 3.81. The quantitative estimate of drug-likeness (QED) is 0.339. The van der Waals surface area contributed by atoms with Crippen molar-refractivity contribution < 1.29 is 30.0 Å². The second-order valence-corrected chi connectivity index (χ2v) is 3.23. The largest absolute Gasteiger partial charge is 0.455 e. The van der Waals surface area contributed by atoms with E-state index in [2.05, 4.69) is 4.74 Å². The molecule has 0 bridgehead atoms. The van der Waals surface area contributed by atoms with Crippen LogP contribution in [0.1, 0.15) is 6.92 Å². The molecule has 6 heteroatoms. The fourth-order valence-electron chi connectivity index (χ4n) is 1.19. The molecule has 0 aliphatic carbocycles. The van der Waals surface area contributed by atoms with Crippen molar-refractivity contribution in [3.8, 4) is 0 Å². The van der Waals surface area contributed by atoms with Gasteiger partial charge >= 0.3 is 5.97 Å². The molecule has 1 aliphatic rings. The smallest absolute Gasteiger partial charge is 0.338 e. The van der Waals surface area contributed by atoms with Crippen LogP contribution in [0.4, 0.5) is 0 Å². The van der Waals surface area contributed by atoms with Crippen molar-refractivity contribution in [2.24, 2.45) is 0 Å². The molecule has 0 aromatic heterocycles. The number of carbonyl (C=O) groups is 1. The lowest BCUT2D eigenvalue weighted by atomic mass is 9.86. The van der Waals surface area contributed by atoms with Crippen molar-refractivity contribution in [2.45, 2.75) is 30.8 Å². The highest BCUT2D eigenvalue weighted by molar-refractivity contribution is 5.77. The van der Waals surface area contributed by atoms with Gasteiger partial charge in [-0.2, -0.15) is 0 Å². The van der Waals surface area contributed by atoms with Gasteiger partial charge in [0.2, 0.25) is 0 Å². The maximum atomic E-state index is 10.9. The Bertz CT molecular complexity index is 213. The molecule has 4 N–H and O–H groups in total. The van der Waals surface area contributed by atoms with E-state index >= 15 is 0 Å². The van der Waals surface area contributed by atoms with Gasteiger partial charge in [0.1, 0.15) is 11.7 Å². The molecule has 0 radical (unpaired) electrons. The molecule has 1 saturated heterocycles. The summed E-state index contributed by atoms with van der Waals surface area (Å²) >= 11 is 0. The fraction of sp³-hybridized carbons (Fsp3) is 0.857. The van der Waals surface area contributed by atoms with Gasteiger partial charge in [-0.1, -0.05) is 0 Å². The molecule has 1 aliphatic heterocycles. The van der Waals surface area contributed by atoms with Crippen molar-refractivity contribution >= 4 is 5.97 Å². The van der Waals surface area contributed by atoms with Crippen LogP contribution in [0.2, 0.25) is 0 Å². The number of ether oxygens (including phenoxy) is 1. The molecule has 1 rings (SSSR count). The molecule has 0 aromatic carbocycles. The Hall–Kier alpha value is -0.690. The van der Waals surface area contributed by atoms with E-state index in [1.54, 1.807) is 0 Å². The Kier molecular flexibility index (Phi) is 2.58. The van der Waals surface area contributed by atoms with Crippen molar-refractivity contribution in [3.05, 3.63) is 0 Å². The fourth-order valence-corrected chi connectivity index (χ4v) is 1.19. The van der Waals surface area contributed by atoms with Crippen LogP contribution in [-0.4, -0.2) is 56.9 Å². The molecular formula is C7H12O6. The van der Waals surface area contributed by atoms with Gasteiger partial charge in [-0.15, -0.1) is 0 Å². The van der Waals surface area contributed by atoms with E-state index in [4.69, 9.17) is 10.2 Å². The molecule has 4 atom stereocenters. The highest BCUT2D eigenvalue weighted by Crippen LogP contribution is 2.25. The SMILES string of the molecule is CC1(O)C(O)C(=O)OC(CO)C1O. The zero-order valence-corrected chi connectivity index (χ0v) is 7.04. The summed E-state index contributed by atoms with van der Waals surface area (Å²) in [6, 6.07) is 0. The summed E-state index contributed by atoms with van der Waals surface area (Å²) < 4.78 is 4.45. The third-order valence-electron chi connectivity index (χ3n) is 2.18. The van der Waals surface area contributed by atoms with Gasteiger partial charge in [-0.05, 0) is 6.92 Å². The summed E-state index contributed by atoms with van der Waals surface area (Å²) in [5.74, 6) is -1.05. The van der Waals surface area contributed by atoms with Crippen LogP contribution in [0, 0.1) is 0 Å². The predicted octanol–water partition coefficient (Wildman–Crippen LogP) is -2.62. The molecule has 13 heavy (non-hydrogen) atoms. The number of esters is 1. The Balaban J connectivity index is 2.88. The summed E-state index contributed by atoms with van der Waals surface area (Å²) in [5.41, 5.74) is -1.98. The summed E-state index contributed by atoms with van der Waals surface area (Å²) in [6.45, 7) is 0.501. The van der Waals surface area contributed by atoms with Crippen LogP contribution in [-0.2, 0) is 9.53 Å². The zero-order chi connectivity index (χ0) is 10.2. The molecule has 0 amide bonds. The van der Waals surface area contributed by atoms with Crippen molar-refractivity contribution in [3.63, 3.8) is 0 Å². The van der Waals surface area contributed by atoms with Gasteiger partial charge in [0.15, 0.2) is 12.2 Å². The van der Waals surface area contributed by atoms with Gasteiger partial charge in [0.05, 0.1) is 6.61 Å². The molecule has 1 fully saturated rings. The van der Waals surface area contributed by atoms with E-state index in [0.717, 1.165) is 6.92 Å². The van der Waals surface area contributed by atoms with E-state index < -0.39 is 36.5 Å². The normalized spacial score (nSPS) is 45.9. The third kappa shape index (κ3) is 1.53. The lowest BCUT2D eigenvalue weighted by Crippen LogP contribution is -2.64. The Morgan fingerprint density at radius 2 is 2.08 bits per heavy atom. The van der Waals surface area contributed by atoms with Crippen molar-refractivity contribution in [1.29, 1.82) is 0 Å². The monoisotopic (exact) mass is 192 g/mol. The van der Waals surface area contributed by atoms with E-state index in [1.807, 2.05) is 0 Å². The average molecular weight is 192 g/mol. The van der Waals surface area contributed by atoms with E-state index in [0.29, 0.717) is 0 Å². The number of carbonyl (C=O) groups excluding carboxylic acids is 1. The third-order valence-corrected chi connectivity index (χ3v) is 2.18. The number of aliphatic hydroxyl groups excluding tert-OH is 3. The first-order valence-corrected chi connectivity index (χ1v) is 3.81. The van der Waals surface area contributed by atoms with Crippen LogP contribution < -0.4 is 0 Å². The number of aliphatic hydroxyl groups is 4. The topological polar surface area (TPSA) is 107 Å². The van der Waals surface area contributed by atoms with Crippen LogP contribution in [0.5, 0.6) is 0 Å². The lowest BCUT2D eigenvalue weighted by Gasteiger charge is -2.40. The van der Waals surface area contributed by atoms with Crippen LogP contribution in [0.15, 0.2) is 0 Å². The minimum Gasteiger partial charge on any atom is -0.455 e. The molecular weight excluding hydrogens is 180 g/mol. The molecule has 6 nitrogen and oxygen atoms in total. The highest BCUT2D eigenvalue weighted by Gasteiger charge is 2.52. The van der Waals surface area contributed by atoms with Crippen LogP contribution in [0.25, 0.3) is 0 Å². The summed E-state index contributed by atoms with van der Waals surface area (Å²) in [6.07, 6.45) is -4.47. The van der Waals surface area contributed by atoms with Gasteiger partial charge in [0.25, 0.3) is 0 Å². The van der Waals surface area contributed by atoms with Crippen LogP contribution >= 0.6 is 0 Å². The number of hydrogen-bond donors (Lipinski definition) is 4. The minimum atomic E-state index is -1.98. The Labute approximate surface area is 74.4 Å². The molecule has 1 heterocycles. The molecule has 4 unspecified atom stereocenters. The van der Waals surface area contributed by atoms with E-state index in [-0.39, 0.29) is 0 Å². The highest BCUT2D eigenvalue weighted by atomic mass is 16.6. The Morgan fingerprint density at radius 1 is 1.54 bits per heavy atom. The Morgan fingerprint density at radius 3 is 2.54 bits per heavy atom. The van der Waals surface area contributed by atoms with Gasteiger partial charge in [-0.25, -0.2) is 4.79 Å². The summed E-state index contributed by atoms with van der Waals surface area (Å²) in [5, 5.41) is 36.6. The molecule has 0 saturated carbocycles. The number of hydrogen-bond acceptors (Lipinski definition) is 6. The molecule has 0 spiro atoms. The molecule has 0 aromatic rings. The lowest BCUT2D eigenvalue weighted by molar-refractivity contribution is -0.233. The second kappa shape index (κ2) is 3.22. The molecule has 76 valence electrons. The van der Waals surface area contributed by atoms with E-state index in [1.165, 1.54) is 0 Å². The van der Waals surface area contributed by atoms with Gasteiger partial charge < -0.3 is 25.2 Å². The van der Waals surface area contributed by atoms with Crippen LogP contribution in [0.3, 0.4) is 0 Å². The predicted molar refractivity (Wildman–Crippen MR) is 39.6 cm³/mol. The maximum Gasteiger partial charge on any atom is 0.338 e. The summed E-state index contributed by atoms with van der Waals surface area (Å²) in [7, 11) is 0. The maximum absolute atomic E-state index is 10.9. The average Bonchev–Trinajstić information content (AvgIpc) is 2.09. The standard InChI is InChI=1S/C7H12O6/c1-7(12)4(9)3(2-8)13-6(11)5(7)10/h3-5,8-10,12H,2H2,1H3. The zero-order valence-electron chi connectivity index (χ0n) is 7.04. The van der Waals surface area contributed by atoms with E-state index in [9.17, 15) is 15.0 Å². The minimum absolute atomic E-state index is 0.601. The van der Waals surface area contributed by atoms with Crippen molar-refractivity contribution in [2.75, 3.05) is 6.61 Å². The van der Waals surface area contributed by atoms with Gasteiger partial charge in [0, 0.05) is 0 Å². The van der Waals surface area contributed by atoms with Gasteiger partial charge in [-0.3, -0.25) is 0 Å². The first-order chi connectivity index (χ1) is 5.91. The number of rotatable bonds is 1. The number of cyclic esters (lactones) is 1. The summed E-state index contributed by atoms with van der Waals surface area (Å²) in [4.78, 5) is 10.9. The second-order valence-electron chi connectivity index (χ2n) is 3.23. The van der Waals surface area contributed by atoms with Crippen molar-refractivity contribution in [1.82, 2.24) is 0 Å².